The molecule has 10 heavy (non-hydrogen) atoms. The molecule has 0 bridgehead atoms. The Balaban J connectivity index is 4.15. The summed E-state index contributed by atoms with van der Waals surface area (Å²) in [5.41, 5.74) is -0.530. The number of aliphatic carboxylic acids is 1. The third kappa shape index (κ3) is 1.97. The summed E-state index contributed by atoms with van der Waals surface area (Å²) in [5.74, 6) is -2.07. The number of nitrogens with one attached hydrogen (secondary N) is 1. The van der Waals surface area contributed by atoms with Crippen LogP contribution in [0.1, 0.15) is 13.3 Å². The van der Waals surface area contributed by atoms with Gasteiger partial charge in [-0.25, -0.2) is 4.79 Å². The molecule has 1 atom stereocenters. The average Bonchev–Trinajstić information content (AvgIpc) is 1.90. The van der Waals surface area contributed by atoms with Gasteiger partial charge < -0.3 is 9.90 Å². The molecular formula is C6H9NO3. The Morgan fingerprint density at radius 3 is 2.40 bits per heavy atom. The predicted octanol–water partition coefficient (Wildman–Crippen LogP) is 0.316. The molecule has 2 N–H and O–H groups in total. The second-order valence-electron chi connectivity index (χ2n) is 1.87. The van der Waals surface area contributed by atoms with Crippen LogP contribution in [-0.2, 0) is 9.59 Å². The van der Waals surface area contributed by atoms with Crippen LogP contribution in [0.15, 0.2) is 0 Å². The van der Waals surface area contributed by atoms with Crippen LogP contribution >= 0.6 is 0 Å². The van der Waals surface area contributed by atoms with E-state index in [1.165, 1.54) is 0 Å². The topological polar surface area (TPSA) is 78.2 Å². The number of hydrogen-bond acceptors (Lipinski definition) is 3. The minimum Gasteiger partial charge on any atom is -0.477 e. The van der Waals surface area contributed by atoms with E-state index in [-0.39, 0.29) is 0 Å². The Labute approximate surface area is 58.4 Å². The second-order valence-corrected chi connectivity index (χ2v) is 1.87. The van der Waals surface area contributed by atoms with Gasteiger partial charge in [0.1, 0.15) is 12.0 Å². The number of carboxylic acid groups (broad SMARTS) is 1. The van der Waals surface area contributed by atoms with Crippen LogP contribution < -0.4 is 0 Å². The molecule has 0 radical (unpaired) electrons. The summed E-state index contributed by atoms with van der Waals surface area (Å²) < 4.78 is 0. The van der Waals surface area contributed by atoms with Gasteiger partial charge in [0, 0.05) is 0 Å². The van der Waals surface area contributed by atoms with E-state index in [0.29, 0.717) is 12.7 Å². The van der Waals surface area contributed by atoms with Crippen molar-refractivity contribution >= 4 is 18.0 Å². The lowest BCUT2D eigenvalue weighted by Crippen LogP contribution is -2.22. The molecule has 0 saturated carbocycles. The molecular weight excluding hydrogens is 134 g/mol. The lowest BCUT2D eigenvalue weighted by molar-refractivity contribution is -0.130. The van der Waals surface area contributed by atoms with Gasteiger partial charge in [0.2, 0.25) is 0 Å². The zero-order valence-corrected chi connectivity index (χ0v) is 5.63. The summed E-state index contributed by atoms with van der Waals surface area (Å²) in [6.07, 6.45) is 0.852. The van der Waals surface area contributed by atoms with Crippen LogP contribution in [0.2, 0.25) is 0 Å². The Morgan fingerprint density at radius 2 is 2.30 bits per heavy atom. The number of carboxylic acids is 1. The van der Waals surface area contributed by atoms with Gasteiger partial charge in [0.25, 0.3) is 0 Å². The van der Waals surface area contributed by atoms with Crippen LogP contribution in [0.5, 0.6) is 0 Å². The maximum Gasteiger partial charge on any atom is 0.350 e. The largest absolute Gasteiger partial charge is 0.477 e. The highest BCUT2D eigenvalue weighted by Gasteiger charge is 2.17. The molecule has 0 rings (SSSR count). The van der Waals surface area contributed by atoms with E-state index >= 15 is 0 Å². The molecule has 56 valence electrons. The molecule has 4 nitrogen and oxygen atoms in total. The number of aldehydes is 1. The van der Waals surface area contributed by atoms with Crippen molar-refractivity contribution < 1.29 is 14.7 Å². The summed E-state index contributed by atoms with van der Waals surface area (Å²) in [4.78, 5) is 20.2. The predicted molar refractivity (Wildman–Crippen MR) is 35.2 cm³/mol. The zero-order chi connectivity index (χ0) is 8.15. The molecule has 0 aliphatic heterocycles. The van der Waals surface area contributed by atoms with Crippen LogP contribution in [0.25, 0.3) is 0 Å². The SMILES string of the molecule is CC[C@H](C=O)C(=N)C(=O)O. The first kappa shape index (κ1) is 8.81. The Morgan fingerprint density at radius 1 is 1.80 bits per heavy atom. The minimum atomic E-state index is -1.32. The zero-order valence-electron chi connectivity index (χ0n) is 5.63. The molecule has 0 unspecified atom stereocenters. The molecule has 0 aromatic rings. The van der Waals surface area contributed by atoms with E-state index in [1.807, 2.05) is 0 Å². The molecule has 0 amide bonds. The fraction of sp³-hybridized carbons (Fsp3) is 0.500. The van der Waals surface area contributed by atoms with Crippen molar-refractivity contribution in [2.24, 2.45) is 5.92 Å². The first-order valence-electron chi connectivity index (χ1n) is 2.90. The summed E-state index contributed by atoms with van der Waals surface area (Å²) in [6, 6.07) is 0. The Bertz CT molecular complexity index is 164. The fourth-order valence-electron chi connectivity index (χ4n) is 0.527. The maximum absolute atomic E-state index is 10.1. The van der Waals surface area contributed by atoms with E-state index in [4.69, 9.17) is 10.5 Å². The van der Waals surface area contributed by atoms with Crippen LogP contribution in [0.4, 0.5) is 0 Å². The van der Waals surface area contributed by atoms with Crippen molar-refractivity contribution in [3.63, 3.8) is 0 Å². The molecule has 0 spiro atoms. The summed E-state index contributed by atoms with van der Waals surface area (Å²) in [7, 11) is 0. The number of carbonyl (C=O) groups is 2. The van der Waals surface area contributed by atoms with Crippen LogP contribution in [0, 0.1) is 11.3 Å². The number of carbonyl (C=O) groups excluding carboxylic acids is 1. The molecule has 0 aliphatic rings. The first-order valence-corrected chi connectivity index (χ1v) is 2.90. The molecule has 4 heteroatoms. The van der Waals surface area contributed by atoms with Crippen LogP contribution in [0.3, 0.4) is 0 Å². The van der Waals surface area contributed by atoms with Gasteiger partial charge in [-0.3, -0.25) is 5.41 Å². The number of hydrogen-bond donors (Lipinski definition) is 2. The lowest BCUT2D eigenvalue weighted by atomic mass is 10.0. The fourth-order valence-corrected chi connectivity index (χ4v) is 0.527. The smallest absolute Gasteiger partial charge is 0.350 e. The molecule has 0 heterocycles. The van der Waals surface area contributed by atoms with Crippen molar-refractivity contribution in [3.05, 3.63) is 0 Å². The quantitative estimate of drug-likeness (QED) is 0.439. The molecule has 0 aliphatic carbocycles. The first-order chi connectivity index (χ1) is 4.63. The van der Waals surface area contributed by atoms with Crippen LogP contribution in [-0.4, -0.2) is 23.1 Å². The van der Waals surface area contributed by atoms with Gasteiger partial charge >= 0.3 is 5.97 Å². The average molecular weight is 143 g/mol. The second kappa shape index (κ2) is 3.76. The van der Waals surface area contributed by atoms with E-state index in [1.54, 1.807) is 6.92 Å². The number of rotatable bonds is 4. The third-order valence-electron chi connectivity index (χ3n) is 1.21. The van der Waals surface area contributed by atoms with Gasteiger partial charge in [-0.15, -0.1) is 0 Å². The minimum absolute atomic E-state index is 0.370. The highest BCUT2D eigenvalue weighted by molar-refractivity contribution is 6.37. The lowest BCUT2D eigenvalue weighted by Gasteiger charge is -2.02. The summed E-state index contributed by atoms with van der Waals surface area (Å²) >= 11 is 0. The standard InChI is InChI=1S/C6H9NO3/c1-2-4(3-8)5(7)6(9)10/h3-4,7H,2H2,1H3,(H,9,10)/t4-/m1/s1. The Hall–Kier alpha value is -1.19. The monoisotopic (exact) mass is 143 g/mol. The molecule has 0 saturated heterocycles. The van der Waals surface area contributed by atoms with E-state index in [2.05, 4.69) is 0 Å². The summed E-state index contributed by atoms with van der Waals surface area (Å²) in [5, 5.41) is 15.1. The summed E-state index contributed by atoms with van der Waals surface area (Å²) in [6.45, 7) is 1.66. The van der Waals surface area contributed by atoms with Gasteiger partial charge in [-0.05, 0) is 6.42 Å². The highest BCUT2D eigenvalue weighted by atomic mass is 16.4. The normalized spacial score (nSPS) is 12.1. The molecule has 0 fully saturated rings. The van der Waals surface area contributed by atoms with E-state index in [0.717, 1.165) is 0 Å². The Kier molecular flexibility index (Phi) is 3.32. The van der Waals surface area contributed by atoms with Gasteiger partial charge in [0.05, 0.1) is 5.92 Å². The van der Waals surface area contributed by atoms with Crippen molar-refractivity contribution in [3.8, 4) is 0 Å². The van der Waals surface area contributed by atoms with Crippen molar-refractivity contribution in [2.45, 2.75) is 13.3 Å². The van der Waals surface area contributed by atoms with Crippen molar-refractivity contribution in [1.29, 1.82) is 5.41 Å². The van der Waals surface area contributed by atoms with Crippen molar-refractivity contribution in [1.82, 2.24) is 0 Å². The van der Waals surface area contributed by atoms with Crippen molar-refractivity contribution in [2.75, 3.05) is 0 Å². The van der Waals surface area contributed by atoms with Gasteiger partial charge in [-0.2, -0.15) is 0 Å². The third-order valence-corrected chi connectivity index (χ3v) is 1.21. The van der Waals surface area contributed by atoms with E-state index in [9.17, 15) is 9.59 Å². The molecule has 0 aromatic heterocycles. The van der Waals surface area contributed by atoms with Gasteiger partial charge in [-0.1, -0.05) is 6.92 Å². The highest BCUT2D eigenvalue weighted by Crippen LogP contribution is 1.99. The molecule has 0 aromatic carbocycles. The maximum atomic E-state index is 10.1. The van der Waals surface area contributed by atoms with Gasteiger partial charge in [0.15, 0.2) is 0 Å². The van der Waals surface area contributed by atoms with E-state index < -0.39 is 17.6 Å².